The van der Waals surface area contributed by atoms with Crippen molar-refractivity contribution in [1.82, 2.24) is 4.31 Å². The van der Waals surface area contributed by atoms with Crippen molar-refractivity contribution in [2.45, 2.75) is 39.1 Å². The van der Waals surface area contributed by atoms with Crippen molar-refractivity contribution in [3.8, 4) is 5.75 Å². The van der Waals surface area contributed by atoms with Crippen LogP contribution in [0.4, 0.5) is 18.9 Å². The molecule has 3 aromatic rings. The van der Waals surface area contributed by atoms with Gasteiger partial charge in [-0.05, 0) is 66.8 Å². The molecule has 4 rings (SSSR count). The Morgan fingerprint density at radius 3 is 2.46 bits per heavy atom. The van der Waals surface area contributed by atoms with Gasteiger partial charge in [0.25, 0.3) is 0 Å². The summed E-state index contributed by atoms with van der Waals surface area (Å²) in [5.74, 6) is -0.259. The highest BCUT2D eigenvalue weighted by Gasteiger charge is 2.34. The number of carbonyl (C=O) groups is 1. The van der Waals surface area contributed by atoms with Gasteiger partial charge in [0, 0.05) is 13.1 Å². The van der Waals surface area contributed by atoms with Crippen molar-refractivity contribution in [2.24, 2.45) is 0 Å². The lowest BCUT2D eigenvalue weighted by atomic mass is 10.0. The number of rotatable bonds is 10. The Hall–Kier alpha value is -3.57. The number of anilines is 1. The number of para-hydroxylation sites is 1. The first-order valence-corrected chi connectivity index (χ1v) is 13.9. The maximum Gasteiger partial charge on any atom is 0.416 e. The summed E-state index contributed by atoms with van der Waals surface area (Å²) in [5.41, 5.74) is 1.88. The average Bonchev–Trinajstić information content (AvgIpc) is 2.91. The molecule has 0 unspecified atom stereocenters. The van der Waals surface area contributed by atoms with E-state index in [4.69, 9.17) is 9.47 Å². The Morgan fingerprint density at radius 2 is 1.74 bits per heavy atom. The first-order valence-electron chi connectivity index (χ1n) is 12.5. The predicted molar refractivity (Wildman–Crippen MR) is 140 cm³/mol. The molecule has 0 bridgehead atoms. The minimum absolute atomic E-state index is 0.0248. The molecule has 1 heterocycles. The van der Waals surface area contributed by atoms with Crippen LogP contribution >= 0.6 is 0 Å². The lowest BCUT2D eigenvalue weighted by Crippen LogP contribution is -2.47. The van der Waals surface area contributed by atoms with Crippen LogP contribution in [0, 0.1) is 0 Å². The molecular weight excluding hydrogens is 533 g/mol. The zero-order chi connectivity index (χ0) is 28.0. The van der Waals surface area contributed by atoms with Gasteiger partial charge >= 0.3 is 22.4 Å². The van der Waals surface area contributed by atoms with E-state index in [0.29, 0.717) is 29.0 Å². The topological polar surface area (TPSA) is 76.1 Å². The first kappa shape index (κ1) is 28.4. The highest BCUT2D eigenvalue weighted by Crippen LogP contribution is 2.31. The Bertz CT molecular complexity index is 1390. The number of hydrogen-bond acceptors (Lipinski definition) is 5. The zero-order valence-electron chi connectivity index (χ0n) is 21.4. The molecule has 0 atom stereocenters. The summed E-state index contributed by atoms with van der Waals surface area (Å²) in [5, 5.41) is 0. The molecule has 11 heteroatoms. The van der Waals surface area contributed by atoms with Gasteiger partial charge < -0.3 is 9.47 Å². The van der Waals surface area contributed by atoms with Crippen LogP contribution in [0.2, 0.25) is 0 Å². The second-order valence-electron chi connectivity index (χ2n) is 9.02. The van der Waals surface area contributed by atoms with E-state index in [9.17, 15) is 26.4 Å². The molecule has 0 aliphatic carbocycles. The van der Waals surface area contributed by atoms with Gasteiger partial charge in [0.2, 0.25) is 0 Å². The number of carbonyl (C=O) groups excluding carboxylic acids is 1. The van der Waals surface area contributed by atoms with Crippen LogP contribution in [0.15, 0.2) is 72.8 Å². The third-order valence-electron chi connectivity index (χ3n) is 6.23. The highest BCUT2D eigenvalue weighted by atomic mass is 32.2. The standard InChI is InChI=1S/C28H29F3N2O5S/c1-2-37-27(34)19-32(39(35,36)33-16-6-9-23-8-3-4-11-26(23)33)18-22-7-5-10-25(17-22)38-20-21-12-14-24(15-13-21)28(29,30)31/h3-5,7-8,10-15,17H,2,6,9,16,18-20H2,1H3. The maximum absolute atomic E-state index is 13.8. The SMILES string of the molecule is CCOC(=O)CN(Cc1cccc(OCc2ccc(C(F)(F)F)cc2)c1)S(=O)(=O)N1CCCc2ccccc21. The summed E-state index contributed by atoms with van der Waals surface area (Å²) in [6.07, 6.45) is -3.01. The van der Waals surface area contributed by atoms with Gasteiger partial charge in [-0.15, -0.1) is 0 Å². The highest BCUT2D eigenvalue weighted by molar-refractivity contribution is 7.90. The van der Waals surface area contributed by atoms with Crippen LogP contribution in [0.1, 0.15) is 35.6 Å². The fraction of sp³-hybridized carbons (Fsp3) is 0.321. The fourth-order valence-corrected chi connectivity index (χ4v) is 5.99. The van der Waals surface area contributed by atoms with Crippen LogP contribution in [-0.4, -0.2) is 38.4 Å². The molecule has 0 fully saturated rings. The maximum atomic E-state index is 13.8. The molecule has 0 spiro atoms. The largest absolute Gasteiger partial charge is 0.489 e. The van der Waals surface area contributed by atoms with Gasteiger partial charge in [0.05, 0.1) is 17.9 Å². The minimum Gasteiger partial charge on any atom is -0.489 e. The van der Waals surface area contributed by atoms with Crippen LogP contribution in [0.25, 0.3) is 0 Å². The molecule has 0 N–H and O–H groups in total. The van der Waals surface area contributed by atoms with Crippen LogP contribution in [0.5, 0.6) is 5.75 Å². The van der Waals surface area contributed by atoms with Crippen molar-refractivity contribution >= 4 is 21.9 Å². The Morgan fingerprint density at radius 1 is 1.00 bits per heavy atom. The number of aryl methyl sites for hydroxylation is 1. The molecule has 208 valence electrons. The van der Waals surface area contributed by atoms with Gasteiger partial charge in [-0.1, -0.05) is 42.5 Å². The molecule has 39 heavy (non-hydrogen) atoms. The number of fused-ring (bicyclic) bond motifs is 1. The molecule has 1 aliphatic heterocycles. The van der Waals surface area contributed by atoms with E-state index < -0.39 is 34.5 Å². The van der Waals surface area contributed by atoms with E-state index in [1.165, 1.54) is 16.4 Å². The summed E-state index contributed by atoms with van der Waals surface area (Å²) < 4.78 is 79.3. The van der Waals surface area contributed by atoms with Gasteiger partial charge in [-0.3, -0.25) is 9.10 Å². The fourth-order valence-electron chi connectivity index (χ4n) is 4.34. The molecule has 7 nitrogen and oxygen atoms in total. The summed E-state index contributed by atoms with van der Waals surface area (Å²) in [7, 11) is -4.10. The summed E-state index contributed by atoms with van der Waals surface area (Å²) >= 11 is 0. The predicted octanol–water partition coefficient (Wildman–Crippen LogP) is 5.35. The van der Waals surface area contributed by atoms with Gasteiger partial charge in [0.15, 0.2) is 0 Å². The van der Waals surface area contributed by atoms with Crippen LogP contribution in [-0.2, 0) is 45.5 Å². The van der Waals surface area contributed by atoms with Crippen LogP contribution < -0.4 is 9.04 Å². The van der Waals surface area contributed by atoms with Crippen molar-refractivity contribution in [1.29, 1.82) is 0 Å². The van der Waals surface area contributed by atoms with E-state index in [-0.39, 0.29) is 26.3 Å². The Labute approximate surface area is 225 Å². The molecule has 3 aromatic carbocycles. The lowest BCUT2D eigenvalue weighted by molar-refractivity contribution is -0.143. The molecule has 0 aromatic heterocycles. The number of esters is 1. The summed E-state index contributed by atoms with van der Waals surface area (Å²) in [6.45, 7) is 1.50. The molecule has 0 saturated heterocycles. The second-order valence-corrected chi connectivity index (χ2v) is 10.9. The normalized spacial score (nSPS) is 13.7. The Kier molecular flexibility index (Phi) is 8.81. The van der Waals surface area contributed by atoms with E-state index in [1.807, 2.05) is 12.1 Å². The quantitative estimate of drug-likeness (QED) is 0.312. The van der Waals surface area contributed by atoms with Gasteiger partial charge in [-0.25, -0.2) is 0 Å². The first-order chi connectivity index (χ1) is 18.6. The summed E-state index contributed by atoms with van der Waals surface area (Å²) in [4.78, 5) is 12.4. The van der Waals surface area contributed by atoms with Crippen molar-refractivity contribution in [3.63, 3.8) is 0 Å². The number of hydrogen-bond donors (Lipinski definition) is 0. The monoisotopic (exact) mass is 562 g/mol. The molecule has 0 radical (unpaired) electrons. The third kappa shape index (κ3) is 7.10. The molecular formula is C28H29F3N2O5S. The van der Waals surface area contributed by atoms with E-state index in [2.05, 4.69) is 0 Å². The van der Waals surface area contributed by atoms with Crippen molar-refractivity contribution in [2.75, 3.05) is 24.0 Å². The van der Waals surface area contributed by atoms with Crippen molar-refractivity contribution < 1.29 is 35.9 Å². The average molecular weight is 563 g/mol. The number of alkyl halides is 3. The van der Waals surface area contributed by atoms with Gasteiger partial charge in [-0.2, -0.15) is 25.9 Å². The van der Waals surface area contributed by atoms with E-state index >= 15 is 0 Å². The van der Waals surface area contributed by atoms with Crippen molar-refractivity contribution in [3.05, 3.63) is 95.1 Å². The Balaban J connectivity index is 1.53. The summed E-state index contributed by atoms with van der Waals surface area (Å²) in [6, 6.07) is 18.7. The lowest BCUT2D eigenvalue weighted by Gasteiger charge is -2.34. The minimum atomic E-state index is -4.42. The number of benzene rings is 3. The smallest absolute Gasteiger partial charge is 0.416 e. The molecule has 0 amide bonds. The van der Waals surface area contributed by atoms with E-state index in [1.54, 1.807) is 43.3 Å². The molecule has 0 saturated carbocycles. The molecule has 1 aliphatic rings. The zero-order valence-corrected chi connectivity index (χ0v) is 22.2. The second kappa shape index (κ2) is 12.1. The number of nitrogens with zero attached hydrogens (tertiary/aromatic N) is 2. The van der Waals surface area contributed by atoms with Gasteiger partial charge in [0.1, 0.15) is 18.9 Å². The number of ether oxygens (including phenoxy) is 2. The van der Waals surface area contributed by atoms with Crippen LogP contribution in [0.3, 0.4) is 0 Å². The number of halogens is 3. The van der Waals surface area contributed by atoms with E-state index in [0.717, 1.165) is 28.4 Å². The third-order valence-corrected chi connectivity index (χ3v) is 8.07.